The third-order valence-corrected chi connectivity index (χ3v) is 5.49. The van der Waals surface area contributed by atoms with Crippen molar-refractivity contribution in [2.45, 2.75) is 39.3 Å². The standard InChI is InChI=1S/C23H33N3O4/c1-18-23(19(2)26(24-18)16-20-8-5-4-6-9-20)21-17-30-15-11-25(21)22(27)10-14-29-13-7-12-28-3/h4-6,8-9,21H,7,10-17H2,1-3H3. The lowest BCUT2D eigenvalue weighted by atomic mass is 10.0. The van der Waals surface area contributed by atoms with Gasteiger partial charge in [-0.15, -0.1) is 0 Å². The normalized spacial score (nSPS) is 16.8. The minimum absolute atomic E-state index is 0.102. The summed E-state index contributed by atoms with van der Waals surface area (Å²) in [6.07, 6.45) is 1.21. The number of carbonyl (C=O) groups excluding carboxylic acids is 1. The van der Waals surface area contributed by atoms with Gasteiger partial charge in [-0.2, -0.15) is 5.10 Å². The van der Waals surface area contributed by atoms with Gasteiger partial charge in [-0.3, -0.25) is 9.48 Å². The molecule has 1 fully saturated rings. The number of carbonyl (C=O) groups is 1. The molecule has 1 aliphatic rings. The van der Waals surface area contributed by atoms with Crippen LogP contribution in [0.1, 0.15) is 41.4 Å². The van der Waals surface area contributed by atoms with Crippen LogP contribution in [0.3, 0.4) is 0 Å². The summed E-state index contributed by atoms with van der Waals surface area (Å²) >= 11 is 0. The molecule has 1 aromatic heterocycles. The van der Waals surface area contributed by atoms with E-state index in [2.05, 4.69) is 19.1 Å². The van der Waals surface area contributed by atoms with Crippen molar-refractivity contribution in [3.8, 4) is 0 Å². The lowest BCUT2D eigenvalue weighted by Gasteiger charge is -2.36. The molecule has 1 atom stereocenters. The van der Waals surface area contributed by atoms with Crippen LogP contribution in [0.4, 0.5) is 0 Å². The molecule has 2 aromatic rings. The molecule has 0 saturated carbocycles. The Morgan fingerprint density at radius 2 is 2.00 bits per heavy atom. The zero-order valence-corrected chi connectivity index (χ0v) is 18.3. The van der Waals surface area contributed by atoms with Gasteiger partial charge in [0.2, 0.25) is 5.91 Å². The van der Waals surface area contributed by atoms with Gasteiger partial charge >= 0.3 is 0 Å². The molecule has 0 spiro atoms. The molecule has 1 amide bonds. The second kappa shape index (κ2) is 11.2. The topological polar surface area (TPSA) is 65.8 Å². The molecular formula is C23H33N3O4. The molecule has 0 aliphatic carbocycles. The van der Waals surface area contributed by atoms with Gasteiger partial charge in [0.15, 0.2) is 0 Å². The van der Waals surface area contributed by atoms with Crippen LogP contribution in [0.25, 0.3) is 0 Å². The average Bonchev–Trinajstić information content (AvgIpc) is 3.04. The van der Waals surface area contributed by atoms with E-state index >= 15 is 0 Å². The van der Waals surface area contributed by atoms with Crippen molar-refractivity contribution in [3.05, 3.63) is 52.8 Å². The summed E-state index contributed by atoms with van der Waals surface area (Å²) in [6.45, 7) is 8.17. The van der Waals surface area contributed by atoms with E-state index in [0.717, 1.165) is 23.4 Å². The van der Waals surface area contributed by atoms with Gasteiger partial charge in [0.25, 0.3) is 0 Å². The first-order valence-corrected chi connectivity index (χ1v) is 10.6. The number of amides is 1. The number of rotatable bonds is 10. The number of aromatic nitrogens is 2. The molecule has 7 nitrogen and oxygen atoms in total. The largest absolute Gasteiger partial charge is 0.385 e. The molecule has 0 bridgehead atoms. The van der Waals surface area contributed by atoms with Crippen LogP contribution in [-0.2, 0) is 25.5 Å². The molecule has 7 heteroatoms. The van der Waals surface area contributed by atoms with Crippen molar-refractivity contribution in [2.24, 2.45) is 0 Å². The minimum atomic E-state index is -0.107. The van der Waals surface area contributed by atoms with Crippen LogP contribution >= 0.6 is 0 Å². The highest BCUT2D eigenvalue weighted by molar-refractivity contribution is 5.77. The fourth-order valence-corrected chi connectivity index (χ4v) is 3.96. The van der Waals surface area contributed by atoms with Crippen molar-refractivity contribution in [1.29, 1.82) is 0 Å². The molecule has 3 rings (SSSR count). The predicted octanol–water partition coefficient (Wildman–Crippen LogP) is 2.89. The molecule has 1 aromatic carbocycles. The van der Waals surface area contributed by atoms with Crippen LogP contribution in [0.15, 0.2) is 30.3 Å². The van der Waals surface area contributed by atoms with E-state index in [0.29, 0.717) is 52.5 Å². The second-order valence-corrected chi connectivity index (χ2v) is 7.61. The van der Waals surface area contributed by atoms with Gasteiger partial charge in [-0.1, -0.05) is 30.3 Å². The van der Waals surface area contributed by atoms with Crippen LogP contribution in [-0.4, -0.2) is 67.3 Å². The molecule has 0 radical (unpaired) electrons. The van der Waals surface area contributed by atoms with E-state index in [-0.39, 0.29) is 11.9 Å². The zero-order valence-electron chi connectivity index (χ0n) is 18.3. The van der Waals surface area contributed by atoms with Gasteiger partial charge in [-0.25, -0.2) is 0 Å². The molecule has 1 aliphatic heterocycles. The Morgan fingerprint density at radius 3 is 2.77 bits per heavy atom. The molecule has 2 heterocycles. The Kier molecular flexibility index (Phi) is 8.42. The van der Waals surface area contributed by atoms with Crippen LogP contribution in [0, 0.1) is 13.8 Å². The lowest BCUT2D eigenvalue weighted by molar-refractivity contribution is -0.141. The number of aryl methyl sites for hydroxylation is 1. The molecule has 164 valence electrons. The summed E-state index contributed by atoms with van der Waals surface area (Å²) in [5.74, 6) is 0.102. The van der Waals surface area contributed by atoms with Gasteiger partial charge in [0.05, 0.1) is 44.5 Å². The highest BCUT2D eigenvalue weighted by atomic mass is 16.5. The highest BCUT2D eigenvalue weighted by Crippen LogP contribution is 2.30. The van der Waals surface area contributed by atoms with E-state index in [1.165, 1.54) is 5.56 Å². The first-order valence-electron chi connectivity index (χ1n) is 10.6. The van der Waals surface area contributed by atoms with E-state index in [1.807, 2.05) is 34.7 Å². The lowest BCUT2D eigenvalue weighted by Crippen LogP contribution is -2.44. The maximum absolute atomic E-state index is 12.9. The quantitative estimate of drug-likeness (QED) is 0.558. The highest BCUT2D eigenvalue weighted by Gasteiger charge is 2.32. The number of morpholine rings is 1. The molecule has 1 unspecified atom stereocenters. The third kappa shape index (κ3) is 5.68. The molecule has 30 heavy (non-hydrogen) atoms. The van der Waals surface area contributed by atoms with Crippen molar-refractivity contribution in [2.75, 3.05) is 46.7 Å². The first kappa shape index (κ1) is 22.5. The van der Waals surface area contributed by atoms with Crippen LogP contribution in [0.2, 0.25) is 0 Å². The minimum Gasteiger partial charge on any atom is -0.385 e. The van der Waals surface area contributed by atoms with E-state index < -0.39 is 0 Å². The predicted molar refractivity (Wildman–Crippen MR) is 114 cm³/mol. The number of benzene rings is 1. The Hall–Kier alpha value is -2.22. The Balaban J connectivity index is 1.67. The molecule has 1 saturated heterocycles. The van der Waals surface area contributed by atoms with Crippen molar-refractivity contribution in [3.63, 3.8) is 0 Å². The Morgan fingerprint density at radius 1 is 1.20 bits per heavy atom. The maximum Gasteiger partial charge on any atom is 0.225 e. The summed E-state index contributed by atoms with van der Waals surface area (Å²) in [5, 5.41) is 4.76. The summed E-state index contributed by atoms with van der Waals surface area (Å²) < 4.78 is 18.4. The van der Waals surface area contributed by atoms with Crippen LogP contribution in [0.5, 0.6) is 0 Å². The fraction of sp³-hybridized carbons (Fsp3) is 0.565. The Labute approximate surface area is 178 Å². The number of methoxy groups -OCH3 is 1. The summed E-state index contributed by atoms with van der Waals surface area (Å²) in [6, 6.07) is 10.2. The van der Waals surface area contributed by atoms with Gasteiger partial charge in [-0.05, 0) is 25.8 Å². The van der Waals surface area contributed by atoms with Gasteiger partial charge in [0.1, 0.15) is 0 Å². The third-order valence-electron chi connectivity index (χ3n) is 5.49. The van der Waals surface area contributed by atoms with Crippen molar-refractivity contribution < 1.29 is 19.0 Å². The first-order chi connectivity index (χ1) is 14.6. The zero-order chi connectivity index (χ0) is 21.3. The monoisotopic (exact) mass is 415 g/mol. The van der Waals surface area contributed by atoms with E-state index in [9.17, 15) is 4.79 Å². The average molecular weight is 416 g/mol. The van der Waals surface area contributed by atoms with Crippen molar-refractivity contribution >= 4 is 5.91 Å². The van der Waals surface area contributed by atoms with Crippen molar-refractivity contribution in [1.82, 2.24) is 14.7 Å². The Bertz CT molecular complexity index is 806. The second-order valence-electron chi connectivity index (χ2n) is 7.61. The summed E-state index contributed by atoms with van der Waals surface area (Å²) in [5.41, 5.74) is 4.33. The van der Waals surface area contributed by atoms with Gasteiger partial charge in [0, 0.05) is 38.1 Å². The van der Waals surface area contributed by atoms with Crippen LogP contribution < -0.4 is 0 Å². The summed E-state index contributed by atoms with van der Waals surface area (Å²) in [4.78, 5) is 14.9. The number of ether oxygens (including phenoxy) is 3. The maximum atomic E-state index is 12.9. The number of hydrogen-bond donors (Lipinski definition) is 0. The molecule has 0 N–H and O–H groups in total. The smallest absolute Gasteiger partial charge is 0.225 e. The number of hydrogen-bond acceptors (Lipinski definition) is 5. The SMILES string of the molecule is COCCCOCCC(=O)N1CCOCC1c1c(C)nn(Cc2ccccc2)c1C. The molecular weight excluding hydrogens is 382 g/mol. The summed E-state index contributed by atoms with van der Waals surface area (Å²) in [7, 11) is 1.67. The fourth-order valence-electron chi connectivity index (χ4n) is 3.96. The number of nitrogens with zero attached hydrogens (tertiary/aromatic N) is 3. The van der Waals surface area contributed by atoms with Gasteiger partial charge < -0.3 is 19.1 Å². The van der Waals surface area contributed by atoms with E-state index in [1.54, 1.807) is 7.11 Å². The van der Waals surface area contributed by atoms with E-state index in [4.69, 9.17) is 19.3 Å².